The molecule has 2 aromatic rings. The van der Waals surface area contributed by atoms with Crippen LogP contribution in [0, 0.1) is 0 Å². The fraction of sp³-hybridized carbons (Fsp3) is 0.417. The van der Waals surface area contributed by atoms with Crippen LogP contribution in [-0.2, 0) is 4.79 Å². The van der Waals surface area contributed by atoms with Crippen molar-refractivity contribution in [3.8, 4) is 11.5 Å². The van der Waals surface area contributed by atoms with Crippen LogP contribution in [0.3, 0.4) is 0 Å². The molecule has 1 spiro atoms. The summed E-state index contributed by atoms with van der Waals surface area (Å²) in [6.07, 6.45) is 1.57. The Kier molecular flexibility index (Phi) is 7.20. The van der Waals surface area contributed by atoms with Gasteiger partial charge in [0.1, 0.15) is 11.5 Å². The molecule has 2 aliphatic heterocycles. The molecule has 2 saturated heterocycles. The van der Waals surface area contributed by atoms with E-state index in [1.54, 1.807) is 44.2 Å². The molecule has 0 aliphatic carbocycles. The van der Waals surface area contributed by atoms with E-state index in [4.69, 9.17) is 9.47 Å². The largest absolute Gasteiger partial charge is 0.497 e. The average molecular weight is 473 g/mol. The van der Waals surface area contributed by atoms with E-state index < -0.39 is 0 Å². The highest BCUT2D eigenvalue weighted by Crippen LogP contribution is 2.45. The normalized spacial score (nSPS) is 17.4. The van der Waals surface area contributed by atoms with Gasteiger partial charge < -0.3 is 19.3 Å². The molecule has 170 valence electrons. The van der Waals surface area contributed by atoms with Crippen molar-refractivity contribution in [3.63, 3.8) is 0 Å². The van der Waals surface area contributed by atoms with Gasteiger partial charge in [-0.15, -0.1) is 23.5 Å². The lowest BCUT2D eigenvalue weighted by atomic mass is 10.0. The van der Waals surface area contributed by atoms with Crippen LogP contribution in [0.15, 0.2) is 53.4 Å². The van der Waals surface area contributed by atoms with E-state index in [0.29, 0.717) is 42.4 Å². The number of thioether (sulfide) groups is 2. The molecule has 8 heteroatoms. The molecule has 2 amide bonds. The summed E-state index contributed by atoms with van der Waals surface area (Å²) in [6.45, 7) is 2.06. The Morgan fingerprint density at radius 3 is 2.28 bits per heavy atom. The molecule has 2 aromatic carbocycles. The van der Waals surface area contributed by atoms with Gasteiger partial charge >= 0.3 is 0 Å². The highest BCUT2D eigenvalue weighted by atomic mass is 32.2. The average Bonchev–Trinajstić information content (AvgIpc) is 3.25. The van der Waals surface area contributed by atoms with Gasteiger partial charge in [-0.3, -0.25) is 9.59 Å². The van der Waals surface area contributed by atoms with Crippen LogP contribution in [0.4, 0.5) is 0 Å². The number of nitrogens with zero attached hydrogens (tertiary/aromatic N) is 2. The first-order chi connectivity index (χ1) is 15.5. The molecule has 0 saturated carbocycles. The van der Waals surface area contributed by atoms with Crippen LogP contribution in [0.25, 0.3) is 0 Å². The monoisotopic (exact) mass is 472 g/mol. The SMILES string of the molecule is COc1cc(OC)cc(C(=O)N2CCSC23CCN(C(=O)CSc2ccccc2)CC3)c1. The Morgan fingerprint density at radius 2 is 1.66 bits per heavy atom. The number of carbonyl (C=O) groups excluding carboxylic acids is 2. The van der Waals surface area contributed by atoms with Crippen molar-refractivity contribution >= 4 is 35.3 Å². The Labute approximate surface area is 197 Å². The third-order valence-electron chi connectivity index (χ3n) is 6.02. The molecule has 0 unspecified atom stereocenters. The van der Waals surface area contributed by atoms with Gasteiger partial charge in [-0.25, -0.2) is 0 Å². The highest BCUT2D eigenvalue weighted by molar-refractivity contribution is 8.01. The van der Waals surface area contributed by atoms with E-state index in [9.17, 15) is 9.59 Å². The number of hydrogen-bond acceptors (Lipinski definition) is 6. The summed E-state index contributed by atoms with van der Waals surface area (Å²) in [7, 11) is 3.16. The van der Waals surface area contributed by atoms with Crippen LogP contribution >= 0.6 is 23.5 Å². The van der Waals surface area contributed by atoms with Crippen LogP contribution in [-0.4, -0.2) is 71.8 Å². The lowest BCUT2D eigenvalue weighted by molar-refractivity contribution is -0.129. The lowest BCUT2D eigenvalue weighted by Gasteiger charge is -2.44. The van der Waals surface area contributed by atoms with E-state index in [1.165, 1.54) is 0 Å². The number of likely N-dealkylation sites (tertiary alicyclic amines) is 1. The van der Waals surface area contributed by atoms with Gasteiger partial charge in [-0.2, -0.15) is 0 Å². The molecule has 0 aromatic heterocycles. The quantitative estimate of drug-likeness (QED) is 0.593. The summed E-state index contributed by atoms with van der Waals surface area (Å²) in [5, 5.41) is 0. The van der Waals surface area contributed by atoms with Crippen LogP contribution in [0.1, 0.15) is 23.2 Å². The molecular formula is C24H28N2O4S2. The summed E-state index contributed by atoms with van der Waals surface area (Å²) in [5.41, 5.74) is 0.570. The van der Waals surface area contributed by atoms with Crippen molar-refractivity contribution < 1.29 is 19.1 Å². The van der Waals surface area contributed by atoms with Crippen LogP contribution in [0.5, 0.6) is 11.5 Å². The van der Waals surface area contributed by atoms with Gasteiger partial charge in [0.25, 0.3) is 5.91 Å². The molecule has 0 atom stereocenters. The second kappa shape index (κ2) is 10.1. The van der Waals surface area contributed by atoms with E-state index in [-0.39, 0.29) is 16.7 Å². The van der Waals surface area contributed by atoms with E-state index >= 15 is 0 Å². The first-order valence-electron chi connectivity index (χ1n) is 10.7. The standard InChI is InChI=1S/C24H28N2O4S2/c1-29-19-14-18(15-20(16-19)30-2)23(28)26-12-13-32-24(26)8-10-25(11-9-24)22(27)17-31-21-6-4-3-5-7-21/h3-7,14-16H,8-13,17H2,1-2H3. The van der Waals surface area contributed by atoms with Crippen LogP contribution in [0.2, 0.25) is 0 Å². The zero-order chi connectivity index (χ0) is 22.6. The molecule has 2 heterocycles. The van der Waals surface area contributed by atoms with E-state index in [2.05, 4.69) is 0 Å². The fourth-order valence-corrected chi connectivity index (χ4v) is 6.53. The summed E-state index contributed by atoms with van der Waals surface area (Å²) in [5.74, 6) is 2.70. The zero-order valence-corrected chi connectivity index (χ0v) is 20.0. The van der Waals surface area contributed by atoms with Crippen LogP contribution < -0.4 is 9.47 Å². The predicted octanol–water partition coefficient (Wildman–Crippen LogP) is 4.00. The molecule has 0 bridgehead atoms. The summed E-state index contributed by atoms with van der Waals surface area (Å²) < 4.78 is 10.7. The highest BCUT2D eigenvalue weighted by Gasteiger charge is 2.47. The van der Waals surface area contributed by atoms with Gasteiger partial charge in [-0.1, -0.05) is 18.2 Å². The number of benzene rings is 2. The first kappa shape index (κ1) is 22.9. The third kappa shape index (κ3) is 4.86. The summed E-state index contributed by atoms with van der Waals surface area (Å²) in [4.78, 5) is 31.0. The zero-order valence-electron chi connectivity index (χ0n) is 18.4. The number of ether oxygens (including phenoxy) is 2. The minimum absolute atomic E-state index is 0.00777. The van der Waals surface area contributed by atoms with Crippen molar-refractivity contribution in [1.29, 1.82) is 0 Å². The number of piperidine rings is 1. The van der Waals surface area contributed by atoms with E-state index in [0.717, 1.165) is 23.5 Å². The Bertz CT molecular complexity index is 939. The topological polar surface area (TPSA) is 59.1 Å². The molecule has 0 N–H and O–H groups in total. The smallest absolute Gasteiger partial charge is 0.255 e. The summed E-state index contributed by atoms with van der Waals surface area (Å²) >= 11 is 3.41. The second-order valence-electron chi connectivity index (χ2n) is 7.84. The first-order valence-corrected chi connectivity index (χ1v) is 12.7. The van der Waals surface area contributed by atoms with Crippen molar-refractivity contribution in [3.05, 3.63) is 54.1 Å². The van der Waals surface area contributed by atoms with Gasteiger partial charge in [0.2, 0.25) is 5.91 Å². The predicted molar refractivity (Wildman–Crippen MR) is 129 cm³/mol. The molecule has 6 nitrogen and oxygen atoms in total. The number of hydrogen-bond donors (Lipinski definition) is 0. The fourth-order valence-electron chi connectivity index (χ4n) is 4.25. The number of carbonyl (C=O) groups is 2. The minimum atomic E-state index is -0.253. The number of amides is 2. The maximum atomic E-state index is 13.4. The minimum Gasteiger partial charge on any atom is -0.497 e. The van der Waals surface area contributed by atoms with Crippen molar-refractivity contribution in [2.75, 3.05) is 45.4 Å². The molecule has 0 radical (unpaired) electrons. The maximum absolute atomic E-state index is 13.4. The Hall–Kier alpha value is -2.32. The second-order valence-corrected chi connectivity index (χ2v) is 10.3. The molecule has 2 fully saturated rings. The maximum Gasteiger partial charge on any atom is 0.255 e. The summed E-state index contributed by atoms with van der Waals surface area (Å²) in [6, 6.07) is 15.3. The Morgan fingerprint density at radius 1 is 1.00 bits per heavy atom. The molecule has 32 heavy (non-hydrogen) atoms. The van der Waals surface area contributed by atoms with E-state index in [1.807, 2.05) is 51.9 Å². The van der Waals surface area contributed by atoms with Gasteiger partial charge in [-0.05, 0) is 37.1 Å². The van der Waals surface area contributed by atoms with Gasteiger partial charge in [0.15, 0.2) is 0 Å². The molecule has 2 aliphatic rings. The Balaban J connectivity index is 1.40. The lowest BCUT2D eigenvalue weighted by Crippen LogP contribution is -2.53. The van der Waals surface area contributed by atoms with Gasteiger partial charge in [0.05, 0.1) is 24.8 Å². The third-order valence-corrected chi connectivity index (χ3v) is 8.57. The van der Waals surface area contributed by atoms with Crippen molar-refractivity contribution in [2.45, 2.75) is 22.6 Å². The van der Waals surface area contributed by atoms with Gasteiger partial charge in [0, 0.05) is 41.9 Å². The van der Waals surface area contributed by atoms with Crippen molar-refractivity contribution in [2.24, 2.45) is 0 Å². The molecular weight excluding hydrogens is 444 g/mol. The number of rotatable bonds is 6. The number of methoxy groups -OCH3 is 2. The molecule has 4 rings (SSSR count). The van der Waals surface area contributed by atoms with Crippen molar-refractivity contribution in [1.82, 2.24) is 9.80 Å².